The predicted molar refractivity (Wildman–Crippen MR) is 72.9 cm³/mol. The summed E-state index contributed by atoms with van der Waals surface area (Å²) in [6, 6.07) is 0. The van der Waals surface area contributed by atoms with Crippen molar-refractivity contribution in [1.29, 1.82) is 0 Å². The molecule has 2 aliphatic carbocycles. The molecule has 1 nitrogen and oxygen atoms in total. The maximum absolute atomic E-state index is 10.8. The minimum absolute atomic E-state index is 0.0411. The minimum atomic E-state index is -0.0411. The highest BCUT2D eigenvalue weighted by atomic mass is 16.3. The monoisotopic (exact) mass is 238 g/mol. The molecule has 0 amide bonds. The summed E-state index contributed by atoms with van der Waals surface area (Å²) >= 11 is 0. The summed E-state index contributed by atoms with van der Waals surface area (Å²) in [7, 11) is 0. The Bertz CT molecular complexity index is 240. The average Bonchev–Trinajstić information content (AvgIpc) is 2.28. The van der Waals surface area contributed by atoms with E-state index in [0.29, 0.717) is 23.2 Å². The number of aliphatic hydroxyl groups is 1. The molecule has 0 aromatic carbocycles. The summed E-state index contributed by atoms with van der Waals surface area (Å²) < 4.78 is 0. The maximum atomic E-state index is 10.8. The molecule has 0 saturated heterocycles. The van der Waals surface area contributed by atoms with E-state index < -0.39 is 0 Å². The van der Waals surface area contributed by atoms with Crippen molar-refractivity contribution in [3.63, 3.8) is 0 Å². The van der Waals surface area contributed by atoms with Crippen LogP contribution in [0.2, 0.25) is 0 Å². The first-order chi connectivity index (χ1) is 8.02. The van der Waals surface area contributed by atoms with Gasteiger partial charge in [-0.05, 0) is 42.4 Å². The van der Waals surface area contributed by atoms with E-state index in [9.17, 15) is 5.11 Å². The molecule has 2 aliphatic rings. The molecule has 1 heteroatoms. The molecule has 0 aliphatic heterocycles. The Morgan fingerprint density at radius 3 is 2.24 bits per heavy atom. The van der Waals surface area contributed by atoms with Gasteiger partial charge in [-0.3, -0.25) is 0 Å². The third-order valence-electron chi connectivity index (χ3n) is 5.50. The molecule has 100 valence electrons. The molecule has 0 radical (unpaired) electrons. The first kappa shape index (κ1) is 13.4. The Hall–Kier alpha value is -0.0400. The Labute approximate surface area is 107 Å². The van der Waals surface area contributed by atoms with Gasteiger partial charge < -0.3 is 5.11 Å². The van der Waals surface area contributed by atoms with E-state index in [1.165, 1.54) is 51.4 Å². The van der Waals surface area contributed by atoms with Gasteiger partial charge in [0.15, 0.2) is 0 Å². The van der Waals surface area contributed by atoms with E-state index in [4.69, 9.17) is 0 Å². The molecule has 3 atom stereocenters. The largest absolute Gasteiger partial charge is 0.393 e. The van der Waals surface area contributed by atoms with Crippen LogP contribution in [-0.4, -0.2) is 11.2 Å². The fourth-order valence-corrected chi connectivity index (χ4v) is 4.56. The van der Waals surface area contributed by atoms with Crippen molar-refractivity contribution in [2.45, 2.75) is 78.2 Å². The zero-order chi connectivity index (χ0) is 12.5. The molecular weight excluding hydrogens is 208 g/mol. The van der Waals surface area contributed by atoms with E-state index in [0.717, 1.165) is 0 Å². The first-order valence-corrected chi connectivity index (χ1v) is 7.70. The van der Waals surface area contributed by atoms with Gasteiger partial charge in [0, 0.05) is 0 Å². The van der Waals surface area contributed by atoms with E-state index in [1.807, 2.05) is 0 Å². The van der Waals surface area contributed by atoms with Crippen LogP contribution >= 0.6 is 0 Å². The van der Waals surface area contributed by atoms with Gasteiger partial charge in [0.2, 0.25) is 0 Å². The molecule has 0 heterocycles. The second kappa shape index (κ2) is 5.30. The second-order valence-corrected chi connectivity index (χ2v) is 7.27. The zero-order valence-electron chi connectivity index (χ0n) is 11.9. The molecule has 1 unspecified atom stereocenters. The SMILES string of the molecule is C[C@H]1CCCC(C)(C)[C@@H]1C(O)C1CCCCC1. The predicted octanol–water partition coefficient (Wildman–Crippen LogP) is 4.39. The van der Waals surface area contributed by atoms with E-state index >= 15 is 0 Å². The number of hydrogen-bond acceptors (Lipinski definition) is 1. The molecule has 1 N–H and O–H groups in total. The molecule has 2 saturated carbocycles. The molecule has 0 spiro atoms. The van der Waals surface area contributed by atoms with Crippen molar-refractivity contribution in [3.8, 4) is 0 Å². The minimum Gasteiger partial charge on any atom is -0.393 e. The molecule has 17 heavy (non-hydrogen) atoms. The van der Waals surface area contributed by atoms with E-state index in [-0.39, 0.29) is 6.10 Å². The van der Waals surface area contributed by atoms with Gasteiger partial charge in [-0.25, -0.2) is 0 Å². The Kier molecular flexibility index (Phi) is 4.18. The second-order valence-electron chi connectivity index (χ2n) is 7.27. The lowest BCUT2D eigenvalue weighted by Crippen LogP contribution is -2.45. The van der Waals surface area contributed by atoms with Crippen LogP contribution in [0.1, 0.15) is 72.1 Å². The third-order valence-corrected chi connectivity index (χ3v) is 5.50. The zero-order valence-corrected chi connectivity index (χ0v) is 11.9. The van der Waals surface area contributed by atoms with E-state index in [2.05, 4.69) is 20.8 Å². The molecule has 2 fully saturated rings. The van der Waals surface area contributed by atoms with Crippen molar-refractivity contribution in [2.24, 2.45) is 23.2 Å². The van der Waals surface area contributed by atoms with Crippen LogP contribution in [0.15, 0.2) is 0 Å². The average molecular weight is 238 g/mol. The van der Waals surface area contributed by atoms with Crippen LogP contribution in [0.4, 0.5) is 0 Å². The summed E-state index contributed by atoms with van der Waals surface area (Å²) in [6.07, 6.45) is 10.5. The first-order valence-electron chi connectivity index (χ1n) is 7.70. The lowest BCUT2D eigenvalue weighted by atomic mass is 9.59. The number of rotatable bonds is 2. The molecule has 0 aromatic heterocycles. The van der Waals surface area contributed by atoms with Gasteiger partial charge in [-0.15, -0.1) is 0 Å². The highest BCUT2D eigenvalue weighted by Crippen LogP contribution is 2.48. The van der Waals surface area contributed by atoms with Gasteiger partial charge >= 0.3 is 0 Å². The fourth-order valence-electron chi connectivity index (χ4n) is 4.56. The summed E-state index contributed by atoms with van der Waals surface area (Å²) in [5.41, 5.74) is 0.342. The summed E-state index contributed by atoms with van der Waals surface area (Å²) in [6.45, 7) is 7.11. The van der Waals surface area contributed by atoms with Crippen LogP contribution in [0.5, 0.6) is 0 Å². The van der Waals surface area contributed by atoms with E-state index in [1.54, 1.807) is 0 Å². The number of aliphatic hydroxyl groups excluding tert-OH is 1. The van der Waals surface area contributed by atoms with Crippen molar-refractivity contribution in [3.05, 3.63) is 0 Å². The van der Waals surface area contributed by atoms with Gasteiger partial charge in [0.05, 0.1) is 6.10 Å². The summed E-state index contributed by atoms with van der Waals surface area (Å²) in [5, 5.41) is 10.8. The maximum Gasteiger partial charge on any atom is 0.0604 e. The fraction of sp³-hybridized carbons (Fsp3) is 1.00. The normalized spacial score (nSPS) is 36.7. The summed E-state index contributed by atoms with van der Waals surface area (Å²) in [4.78, 5) is 0. The summed E-state index contributed by atoms with van der Waals surface area (Å²) in [5.74, 6) is 1.82. The molecular formula is C16H30O. The van der Waals surface area contributed by atoms with Gasteiger partial charge in [0.25, 0.3) is 0 Å². The van der Waals surface area contributed by atoms with Gasteiger partial charge in [-0.2, -0.15) is 0 Å². The smallest absolute Gasteiger partial charge is 0.0604 e. The van der Waals surface area contributed by atoms with Crippen molar-refractivity contribution >= 4 is 0 Å². The Morgan fingerprint density at radius 2 is 1.65 bits per heavy atom. The van der Waals surface area contributed by atoms with Crippen molar-refractivity contribution < 1.29 is 5.11 Å². The lowest BCUT2D eigenvalue weighted by molar-refractivity contribution is -0.0636. The van der Waals surface area contributed by atoms with Crippen molar-refractivity contribution in [2.75, 3.05) is 0 Å². The van der Waals surface area contributed by atoms with Crippen LogP contribution in [0.25, 0.3) is 0 Å². The van der Waals surface area contributed by atoms with Gasteiger partial charge in [-0.1, -0.05) is 52.9 Å². The van der Waals surface area contributed by atoms with Crippen molar-refractivity contribution in [1.82, 2.24) is 0 Å². The Morgan fingerprint density at radius 1 is 1.00 bits per heavy atom. The third kappa shape index (κ3) is 2.86. The highest BCUT2D eigenvalue weighted by Gasteiger charge is 2.43. The lowest BCUT2D eigenvalue weighted by Gasteiger charge is -2.48. The van der Waals surface area contributed by atoms with Crippen LogP contribution in [-0.2, 0) is 0 Å². The van der Waals surface area contributed by atoms with Gasteiger partial charge in [0.1, 0.15) is 0 Å². The molecule has 2 rings (SSSR count). The van der Waals surface area contributed by atoms with Crippen LogP contribution < -0.4 is 0 Å². The standard InChI is InChI=1S/C16H30O/c1-12-8-7-11-16(2,3)14(12)15(17)13-9-5-4-6-10-13/h12-15,17H,4-11H2,1-3H3/t12-,14-,15?/m0/s1. The van der Waals surface area contributed by atoms with Crippen LogP contribution in [0, 0.1) is 23.2 Å². The topological polar surface area (TPSA) is 20.2 Å². The molecule has 0 bridgehead atoms. The Balaban J connectivity index is 2.06. The van der Waals surface area contributed by atoms with Crippen LogP contribution in [0.3, 0.4) is 0 Å². The quantitative estimate of drug-likeness (QED) is 0.756. The molecule has 0 aromatic rings. The highest BCUT2D eigenvalue weighted by molar-refractivity contribution is 4.93. The number of hydrogen-bond donors (Lipinski definition) is 1.